The maximum atomic E-state index is 12.0. The molecule has 0 aromatic heterocycles. The van der Waals surface area contributed by atoms with Crippen molar-refractivity contribution in [1.29, 1.82) is 0 Å². The Kier molecular flexibility index (Phi) is 4.33. The Morgan fingerprint density at radius 1 is 1.29 bits per heavy atom. The monoisotopic (exact) mass is 254 g/mol. The number of benzene rings is 1. The summed E-state index contributed by atoms with van der Waals surface area (Å²) in [5.41, 5.74) is 0.807. The lowest BCUT2D eigenvalue weighted by Crippen LogP contribution is -2.13. The molecule has 14 heavy (non-hydrogen) atoms. The average Bonchev–Trinajstić information content (AvgIpc) is 2.20. The van der Waals surface area contributed by atoms with Gasteiger partial charge in [-0.05, 0) is 18.9 Å². The Balaban J connectivity index is 2.94. The second-order valence-electron chi connectivity index (χ2n) is 3.36. The Morgan fingerprint density at radius 2 is 1.86 bits per heavy atom. The Morgan fingerprint density at radius 3 is 2.36 bits per heavy atom. The van der Waals surface area contributed by atoms with Gasteiger partial charge in [0.25, 0.3) is 0 Å². The molecule has 0 N–H and O–H groups in total. The smallest absolute Gasteiger partial charge is 0.167 e. The van der Waals surface area contributed by atoms with E-state index in [4.69, 9.17) is 0 Å². The Hall–Kier alpha value is -0.630. The molecule has 0 atom stereocenters. The molecule has 0 bridgehead atoms. The third-order valence-electron chi connectivity index (χ3n) is 2.50. The quantitative estimate of drug-likeness (QED) is 0.741. The van der Waals surface area contributed by atoms with Crippen molar-refractivity contribution in [2.24, 2.45) is 5.92 Å². The number of carbonyl (C=O) groups is 1. The number of rotatable bonds is 4. The van der Waals surface area contributed by atoms with Crippen LogP contribution in [0.4, 0.5) is 0 Å². The van der Waals surface area contributed by atoms with E-state index in [1.54, 1.807) is 0 Å². The minimum atomic E-state index is 0.161. The highest BCUT2D eigenvalue weighted by Gasteiger charge is 2.17. The van der Waals surface area contributed by atoms with Gasteiger partial charge in [0.2, 0.25) is 0 Å². The Bertz CT molecular complexity index is 316. The van der Waals surface area contributed by atoms with Crippen LogP contribution in [0.25, 0.3) is 0 Å². The van der Waals surface area contributed by atoms with E-state index in [0.717, 1.165) is 22.9 Å². The van der Waals surface area contributed by atoms with Gasteiger partial charge in [0, 0.05) is 16.0 Å². The van der Waals surface area contributed by atoms with E-state index in [0.29, 0.717) is 0 Å². The second-order valence-corrected chi connectivity index (χ2v) is 4.21. The summed E-state index contributed by atoms with van der Waals surface area (Å²) in [5.74, 6) is 0.413. The zero-order valence-electron chi connectivity index (χ0n) is 8.59. The van der Waals surface area contributed by atoms with Crippen LogP contribution in [0.5, 0.6) is 0 Å². The van der Waals surface area contributed by atoms with Gasteiger partial charge in [-0.1, -0.05) is 48.0 Å². The third kappa shape index (κ3) is 2.44. The van der Waals surface area contributed by atoms with Crippen molar-refractivity contribution in [2.45, 2.75) is 26.7 Å². The fourth-order valence-corrected chi connectivity index (χ4v) is 2.02. The summed E-state index contributed by atoms with van der Waals surface area (Å²) in [6.45, 7) is 4.12. The van der Waals surface area contributed by atoms with Crippen molar-refractivity contribution in [2.75, 3.05) is 0 Å². The lowest BCUT2D eigenvalue weighted by Gasteiger charge is -2.11. The highest BCUT2D eigenvalue weighted by molar-refractivity contribution is 9.10. The molecule has 0 spiro atoms. The molecule has 0 saturated carbocycles. The van der Waals surface area contributed by atoms with Gasteiger partial charge in [0.15, 0.2) is 5.78 Å². The molecule has 0 radical (unpaired) electrons. The van der Waals surface area contributed by atoms with Crippen LogP contribution < -0.4 is 0 Å². The van der Waals surface area contributed by atoms with Crippen molar-refractivity contribution in [3.63, 3.8) is 0 Å². The molecule has 0 unspecified atom stereocenters. The molecule has 2 heteroatoms. The summed E-state index contributed by atoms with van der Waals surface area (Å²) in [7, 11) is 0. The number of hydrogen-bond acceptors (Lipinski definition) is 1. The second kappa shape index (κ2) is 5.30. The van der Waals surface area contributed by atoms with Gasteiger partial charge in [-0.3, -0.25) is 4.79 Å². The third-order valence-corrected chi connectivity index (χ3v) is 3.19. The highest BCUT2D eigenvalue weighted by atomic mass is 79.9. The first kappa shape index (κ1) is 11.4. The first-order chi connectivity index (χ1) is 6.70. The summed E-state index contributed by atoms with van der Waals surface area (Å²) < 4.78 is 0.900. The lowest BCUT2D eigenvalue weighted by molar-refractivity contribution is 0.0912. The van der Waals surface area contributed by atoms with Gasteiger partial charge in [0.05, 0.1) is 0 Å². The largest absolute Gasteiger partial charge is 0.294 e. The SMILES string of the molecule is CCC(CC)C(=O)c1ccccc1Br. The van der Waals surface area contributed by atoms with E-state index in [-0.39, 0.29) is 11.7 Å². The van der Waals surface area contributed by atoms with E-state index in [1.807, 2.05) is 24.3 Å². The molecule has 1 aromatic rings. The molecule has 0 fully saturated rings. The molecular weight excluding hydrogens is 240 g/mol. The maximum absolute atomic E-state index is 12.0. The predicted octanol–water partition coefficient (Wildman–Crippen LogP) is 4.07. The summed E-state index contributed by atoms with van der Waals surface area (Å²) in [5, 5.41) is 0. The molecule has 1 rings (SSSR count). The van der Waals surface area contributed by atoms with Crippen molar-refractivity contribution in [3.05, 3.63) is 34.3 Å². The minimum Gasteiger partial charge on any atom is -0.294 e. The normalized spacial score (nSPS) is 10.6. The van der Waals surface area contributed by atoms with Gasteiger partial charge in [0.1, 0.15) is 0 Å². The summed E-state index contributed by atoms with van der Waals surface area (Å²) in [6.07, 6.45) is 1.83. The predicted molar refractivity (Wildman–Crippen MR) is 62.5 cm³/mol. The molecular formula is C12H15BrO. The van der Waals surface area contributed by atoms with Gasteiger partial charge in [-0.25, -0.2) is 0 Å². The standard InChI is InChI=1S/C12H15BrO/c1-3-9(4-2)12(14)10-7-5-6-8-11(10)13/h5-9H,3-4H2,1-2H3. The van der Waals surface area contributed by atoms with E-state index in [9.17, 15) is 4.79 Å². The number of Topliss-reactive ketones (excluding diaryl/α,β-unsaturated/α-hetero) is 1. The summed E-state index contributed by atoms with van der Waals surface area (Å²) in [4.78, 5) is 12.0. The lowest BCUT2D eigenvalue weighted by atomic mass is 9.93. The maximum Gasteiger partial charge on any atom is 0.167 e. The fraction of sp³-hybridized carbons (Fsp3) is 0.417. The van der Waals surface area contributed by atoms with Crippen LogP contribution in [-0.2, 0) is 0 Å². The van der Waals surface area contributed by atoms with Crippen molar-refractivity contribution in [3.8, 4) is 0 Å². The van der Waals surface area contributed by atoms with Gasteiger partial charge in [-0.15, -0.1) is 0 Å². The van der Waals surface area contributed by atoms with E-state index in [2.05, 4.69) is 29.8 Å². The van der Waals surface area contributed by atoms with Gasteiger partial charge in [-0.2, -0.15) is 0 Å². The van der Waals surface area contributed by atoms with Crippen LogP contribution in [0, 0.1) is 5.92 Å². The van der Waals surface area contributed by atoms with Crippen LogP contribution in [0.15, 0.2) is 28.7 Å². The zero-order chi connectivity index (χ0) is 10.6. The molecule has 76 valence electrons. The summed E-state index contributed by atoms with van der Waals surface area (Å²) >= 11 is 3.40. The first-order valence-electron chi connectivity index (χ1n) is 4.99. The van der Waals surface area contributed by atoms with Gasteiger partial charge >= 0.3 is 0 Å². The number of carbonyl (C=O) groups excluding carboxylic acids is 1. The Labute approximate surface area is 93.7 Å². The summed E-state index contributed by atoms with van der Waals surface area (Å²) in [6, 6.07) is 7.62. The van der Waals surface area contributed by atoms with Crippen molar-refractivity contribution in [1.82, 2.24) is 0 Å². The molecule has 0 heterocycles. The van der Waals surface area contributed by atoms with Crippen molar-refractivity contribution >= 4 is 21.7 Å². The number of halogens is 1. The van der Waals surface area contributed by atoms with E-state index >= 15 is 0 Å². The molecule has 1 nitrogen and oxygen atoms in total. The van der Waals surface area contributed by atoms with Crippen LogP contribution in [0.1, 0.15) is 37.0 Å². The molecule has 0 aliphatic carbocycles. The van der Waals surface area contributed by atoms with Crippen LogP contribution in [0.3, 0.4) is 0 Å². The molecule has 0 aliphatic heterocycles. The molecule has 0 aliphatic rings. The molecule has 0 amide bonds. The number of ketones is 1. The van der Waals surface area contributed by atoms with Crippen LogP contribution >= 0.6 is 15.9 Å². The van der Waals surface area contributed by atoms with Gasteiger partial charge < -0.3 is 0 Å². The van der Waals surface area contributed by atoms with E-state index < -0.39 is 0 Å². The highest BCUT2D eigenvalue weighted by Crippen LogP contribution is 2.22. The molecule has 0 saturated heterocycles. The topological polar surface area (TPSA) is 17.1 Å². The van der Waals surface area contributed by atoms with Crippen LogP contribution in [0.2, 0.25) is 0 Å². The van der Waals surface area contributed by atoms with Crippen LogP contribution in [-0.4, -0.2) is 5.78 Å². The minimum absolute atomic E-state index is 0.161. The first-order valence-corrected chi connectivity index (χ1v) is 5.78. The molecule has 1 aromatic carbocycles. The zero-order valence-corrected chi connectivity index (χ0v) is 10.2. The fourth-order valence-electron chi connectivity index (χ4n) is 1.54. The van der Waals surface area contributed by atoms with E-state index in [1.165, 1.54) is 0 Å². The average molecular weight is 255 g/mol. The van der Waals surface area contributed by atoms with Crippen molar-refractivity contribution < 1.29 is 4.79 Å². The number of hydrogen-bond donors (Lipinski definition) is 0.